The number of nitrogens with zero attached hydrogens (tertiary/aromatic N) is 2. The fourth-order valence-electron chi connectivity index (χ4n) is 2.46. The third-order valence-corrected chi connectivity index (χ3v) is 3.98. The van der Waals surface area contributed by atoms with Gasteiger partial charge < -0.3 is 11.1 Å². The van der Waals surface area contributed by atoms with Crippen LogP contribution in [-0.2, 0) is 0 Å². The molecule has 0 unspecified atom stereocenters. The molecular weight excluding hydrogens is 276 g/mol. The van der Waals surface area contributed by atoms with Gasteiger partial charge in [-0.05, 0) is 24.1 Å². The topological polar surface area (TPSA) is 91.8 Å². The Morgan fingerprint density at radius 2 is 2.14 bits per heavy atom. The van der Waals surface area contributed by atoms with E-state index in [2.05, 4.69) is 30.2 Å². The number of primary amides is 1. The summed E-state index contributed by atoms with van der Waals surface area (Å²) in [6, 6.07) is 7.34. The Kier molecular flexibility index (Phi) is 4.95. The van der Waals surface area contributed by atoms with Crippen LogP contribution in [0.25, 0.3) is 10.9 Å². The molecule has 3 N–H and O–H groups in total. The van der Waals surface area contributed by atoms with Crippen molar-refractivity contribution in [3.63, 3.8) is 0 Å². The van der Waals surface area contributed by atoms with Crippen LogP contribution in [0.2, 0.25) is 0 Å². The van der Waals surface area contributed by atoms with Crippen LogP contribution in [0, 0.1) is 17.2 Å². The van der Waals surface area contributed by atoms with E-state index in [0.717, 1.165) is 30.3 Å². The first kappa shape index (κ1) is 15.8. The summed E-state index contributed by atoms with van der Waals surface area (Å²) in [6.07, 6.45) is 3.61. The summed E-state index contributed by atoms with van der Waals surface area (Å²) in [5.41, 5.74) is 7.75. The zero-order valence-corrected chi connectivity index (χ0v) is 12.9. The maximum atomic E-state index is 11.7. The number of hydrogen-bond donors (Lipinski definition) is 2. The molecule has 5 heteroatoms. The Balaban J connectivity index is 2.53. The second-order valence-electron chi connectivity index (χ2n) is 5.32. The maximum Gasteiger partial charge on any atom is 0.252 e. The number of amides is 1. The van der Waals surface area contributed by atoms with Gasteiger partial charge in [-0.3, -0.25) is 9.78 Å². The highest BCUT2D eigenvalue weighted by atomic mass is 16.1. The number of pyridine rings is 1. The van der Waals surface area contributed by atoms with Gasteiger partial charge in [-0.2, -0.15) is 5.26 Å². The molecular formula is C17H20N4O. The van der Waals surface area contributed by atoms with Gasteiger partial charge in [0.15, 0.2) is 0 Å². The van der Waals surface area contributed by atoms with Crippen molar-refractivity contribution >= 4 is 22.5 Å². The number of nitrogens with two attached hydrogens (primary N) is 1. The molecule has 1 amide bonds. The van der Waals surface area contributed by atoms with E-state index in [1.807, 2.05) is 0 Å². The van der Waals surface area contributed by atoms with Gasteiger partial charge in [0.2, 0.25) is 0 Å². The summed E-state index contributed by atoms with van der Waals surface area (Å²) in [5.74, 6) is -0.00750. The van der Waals surface area contributed by atoms with Crippen molar-refractivity contribution in [3.8, 4) is 6.07 Å². The predicted molar refractivity (Wildman–Crippen MR) is 87.5 cm³/mol. The Bertz CT molecular complexity index is 729. The van der Waals surface area contributed by atoms with Crippen molar-refractivity contribution in [3.05, 3.63) is 35.5 Å². The Hall–Kier alpha value is -2.61. The van der Waals surface area contributed by atoms with Crippen LogP contribution in [-0.4, -0.2) is 17.4 Å². The summed E-state index contributed by atoms with van der Waals surface area (Å²) >= 11 is 0. The minimum Gasteiger partial charge on any atom is -0.384 e. The smallest absolute Gasteiger partial charge is 0.252 e. The Morgan fingerprint density at radius 1 is 1.41 bits per heavy atom. The van der Waals surface area contributed by atoms with Crippen LogP contribution in [0.1, 0.15) is 42.6 Å². The molecule has 0 atom stereocenters. The summed E-state index contributed by atoms with van der Waals surface area (Å²) in [4.78, 5) is 15.9. The number of anilines is 1. The first-order valence-electron chi connectivity index (χ1n) is 7.47. The van der Waals surface area contributed by atoms with E-state index in [4.69, 9.17) is 11.0 Å². The first-order chi connectivity index (χ1) is 10.6. The molecule has 5 nitrogen and oxygen atoms in total. The van der Waals surface area contributed by atoms with Crippen molar-refractivity contribution in [2.45, 2.75) is 26.7 Å². The molecule has 0 spiro atoms. The zero-order chi connectivity index (χ0) is 16.1. The first-order valence-corrected chi connectivity index (χ1v) is 7.47. The summed E-state index contributed by atoms with van der Waals surface area (Å²) in [6.45, 7) is 5.04. The lowest BCUT2D eigenvalue weighted by Crippen LogP contribution is -2.18. The highest BCUT2D eigenvalue weighted by Gasteiger charge is 2.14. The third-order valence-electron chi connectivity index (χ3n) is 3.98. The molecule has 0 aliphatic heterocycles. The minimum atomic E-state index is -0.524. The Labute approximate surface area is 130 Å². The van der Waals surface area contributed by atoms with Crippen LogP contribution in [0.3, 0.4) is 0 Å². The monoisotopic (exact) mass is 296 g/mol. The van der Waals surface area contributed by atoms with Gasteiger partial charge in [0.1, 0.15) is 0 Å². The second kappa shape index (κ2) is 6.90. The van der Waals surface area contributed by atoms with Gasteiger partial charge in [0.25, 0.3) is 5.91 Å². The van der Waals surface area contributed by atoms with E-state index < -0.39 is 5.91 Å². The molecule has 0 fully saturated rings. The molecule has 2 rings (SSSR count). The molecule has 0 bridgehead atoms. The van der Waals surface area contributed by atoms with Crippen LogP contribution in [0.15, 0.2) is 24.4 Å². The fraction of sp³-hybridized carbons (Fsp3) is 0.353. The average molecular weight is 296 g/mol. The van der Waals surface area contributed by atoms with Crippen molar-refractivity contribution in [1.82, 2.24) is 4.98 Å². The molecule has 2 aromatic rings. The van der Waals surface area contributed by atoms with Gasteiger partial charge in [-0.25, -0.2) is 0 Å². The maximum absolute atomic E-state index is 11.7. The van der Waals surface area contributed by atoms with E-state index in [0.29, 0.717) is 22.7 Å². The number of rotatable bonds is 6. The quantitative estimate of drug-likeness (QED) is 0.857. The normalized spacial score (nSPS) is 10.6. The second-order valence-corrected chi connectivity index (χ2v) is 5.32. The largest absolute Gasteiger partial charge is 0.384 e. The van der Waals surface area contributed by atoms with Gasteiger partial charge in [0, 0.05) is 18.1 Å². The number of hydrogen-bond acceptors (Lipinski definition) is 4. The summed E-state index contributed by atoms with van der Waals surface area (Å²) < 4.78 is 0. The molecule has 1 aromatic heterocycles. The molecule has 0 saturated heterocycles. The molecule has 0 radical (unpaired) electrons. The molecule has 1 aromatic carbocycles. The van der Waals surface area contributed by atoms with Crippen molar-refractivity contribution in [2.24, 2.45) is 11.7 Å². The molecule has 0 aliphatic rings. The SMILES string of the molecule is CCC(CC)CNc1c(C(N)=O)cnc2ccc(C#N)cc12. The van der Waals surface area contributed by atoms with Crippen molar-refractivity contribution in [2.75, 3.05) is 11.9 Å². The lowest BCUT2D eigenvalue weighted by atomic mass is 10.0. The number of fused-ring (bicyclic) bond motifs is 1. The molecule has 0 saturated carbocycles. The van der Waals surface area contributed by atoms with E-state index in [-0.39, 0.29) is 0 Å². The summed E-state index contributed by atoms with van der Waals surface area (Å²) in [5, 5.41) is 13.2. The number of aromatic nitrogens is 1. The van der Waals surface area contributed by atoms with Gasteiger partial charge in [-0.1, -0.05) is 26.7 Å². The van der Waals surface area contributed by atoms with Crippen LogP contribution >= 0.6 is 0 Å². The Morgan fingerprint density at radius 3 is 2.73 bits per heavy atom. The highest BCUT2D eigenvalue weighted by Crippen LogP contribution is 2.27. The molecule has 114 valence electrons. The standard InChI is InChI=1S/C17H20N4O/c1-3-11(4-2)9-21-16-13-7-12(8-18)5-6-15(13)20-10-14(16)17(19)22/h5-7,10-11H,3-4,9H2,1-2H3,(H2,19,22)(H,20,21). The van der Waals surface area contributed by atoms with E-state index in [1.165, 1.54) is 6.20 Å². The van der Waals surface area contributed by atoms with Crippen molar-refractivity contribution < 1.29 is 4.79 Å². The van der Waals surface area contributed by atoms with E-state index >= 15 is 0 Å². The van der Waals surface area contributed by atoms with E-state index in [1.54, 1.807) is 18.2 Å². The molecule has 0 aliphatic carbocycles. The van der Waals surface area contributed by atoms with Gasteiger partial charge in [0.05, 0.1) is 28.4 Å². The number of nitrogens with one attached hydrogen (secondary N) is 1. The van der Waals surface area contributed by atoms with Crippen LogP contribution in [0.4, 0.5) is 5.69 Å². The third kappa shape index (κ3) is 3.17. The van der Waals surface area contributed by atoms with Crippen molar-refractivity contribution in [1.29, 1.82) is 5.26 Å². The average Bonchev–Trinajstić information content (AvgIpc) is 2.54. The zero-order valence-electron chi connectivity index (χ0n) is 12.9. The van der Waals surface area contributed by atoms with E-state index in [9.17, 15) is 4.79 Å². The number of carbonyl (C=O) groups excluding carboxylic acids is 1. The number of benzene rings is 1. The van der Waals surface area contributed by atoms with Crippen LogP contribution < -0.4 is 11.1 Å². The number of carbonyl (C=O) groups is 1. The lowest BCUT2D eigenvalue weighted by molar-refractivity contribution is 0.100. The van der Waals surface area contributed by atoms with Gasteiger partial charge >= 0.3 is 0 Å². The number of nitriles is 1. The highest BCUT2D eigenvalue weighted by molar-refractivity contribution is 6.06. The summed E-state index contributed by atoms with van der Waals surface area (Å²) in [7, 11) is 0. The predicted octanol–water partition coefficient (Wildman–Crippen LogP) is 3.05. The van der Waals surface area contributed by atoms with Crippen LogP contribution in [0.5, 0.6) is 0 Å². The minimum absolute atomic E-state index is 0.355. The van der Waals surface area contributed by atoms with Gasteiger partial charge in [-0.15, -0.1) is 0 Å². The fourth-order valence-corrected chi connectivity index (χ4v) is 2.46. The molecule has 1 heterocycles. The molecule has 22 heavy (non-hydrogen) atoms. The lowest BCUT2D eigenvalue weighted by Gasteiger charge is -2.17.